The molecule has 0 saturated carbocycles. The van der Waals surface area contributed by atoms with Crippen molar-refractivity contribution in [3.05, 3.63) is 0 Å². The third-order valence-corrected chi connectivity index (χ3v) is 3.34. The predicted molar refractivity (Wildman–Crippen MR) is 55.2 cm³/mol. The van der Waals surface area contributed by atoms with Gasteiger partial charge in [-0.25, -0.2) is 0 Å². The summed E-state index contributed by atoms with van der Waals surface area (Å²) >= 11 is 1.69. The molecule has 0 fully saturated rings. The number of hydrogen-bond donors (Lipinski definition) is 1. The lowest BCUT2D eigenvalue weighted by atomic mass is 10.1. The first-order chi connectivity index (χ1) is 5.59. The van der Waals surface area contributed by atoms with Crippen molar-refractivity contribution in [2.24, 2.45) is 11.7 Å². The van der Waals surface area contributed by atoms with Gasteiger partial charge in [0.2, 0.25) is 5.91 Å². The van der Waals surface area contributed by atoms with E-state index in [4.69, 9.17) is 5.73 Å². The maximum atomic E-state index is 10.9. The minimum absolute atomic E-state index is 0.00319. The fourth-order valence-corrected chi connectivity index (χ4v) is 2.22. The Morgan fingerprint density at radius 2 is 2.08 bits per heavy atom. The topological polar surface area (TPSA) is 43.1 Å². The lowest BCUT2D eigenvalue weighted by Gasteiger charge is -2.15. The standard InChI is InChI=1S/C9H19NOS/c1-4-5-6-12-8(7(2)3)9(10)11/h7-8H,4-6H2,1-3H3,(H2,10,11). The fraction of sp³-hybridized carbons (Fsp3) is 0.889. The Labute approximate surface area is 79.3 Å². The van der Waals surface area contributed by atoms with Crippen LogP contribution in [-0.4, -0.2) is 16.9 Å². The van der Waals surface area contributed by atoms with Crippen molar-refractivity contribution in [3.8, 4) is 0 Å². The largest absolute Gasteiger partial charge is 0.369 e. The molecule has 1 unspecified atom stereocenters. The first kappa shape index (κ1) is 11.8. The fourth-order valence-electron chi connectivity index (χ4n) is 0.958. The van der Waals surface area contributed by atoms with Gasteiger partial charge in [-0.2, -0.15) is 0 Å². The number of nitrogens with two attached hydrogens (primary N) is 1. The van der Waals surface area contributed by atoms with Gasteiger partial charge in [-0.15, -0.1) is 11.8 Å². The van der Waals surface area contributed by atoms with Gasteiger partial charge in [-0.05, 0) is 18.1 Å². The molecule has 0 bridgehead atoms. The average Bonchev–Trinajstić information content (AvgIpc) is 1.96. The molecule has 12 heavy (non-hydrogen) atoms. The van der Waals surface area contributed by atoms with Gasteiger partial charge in [-0.1, -0.05) is 27.2 Å². The van der Waals surface area contributed by atoms with Gasteiger partial charge in [0.05, 0.1) is 5.25 Å². The molecule has 3 heteroatoms. The molecule has 0 aliphatic rings. The highest BCUT2D eigenvalue weighted by atomic mass is 32.2. The summed E-state index contributed by atoms with van der Waals surface area (Å²) in [7, 11) is 0. The monoisotopic (exact) mass is 189 g/mol. The van der Waals surface area contributed by atoms with E-state index in [0.29, 0.717) is 5.92 Å². The number of hydrogen-bond acceptors (Lipinski definition) is 2. The van der Waals surface area contributed by atoms with Gasteiger partial charge >= 0.3 is 0 Å². The van der Waals surface area contributed by atoms with Crippen LogP contribution >= 0.6 is 11.8 Å². The van der Waals surface area contributed by atoms with Gasteiger partial charge in [0.25, 0.3) is 0 Å². The van der Waals surface area contributed by atoms with E-state index in [1.165, 1.54) is 12.8 Å². The van der Waals surface area contributed by atoms with E-state index in [1.54, 1.807) is 11.8 Å². The van der Waals surface area contributed by atoms with Crippen molar-refractivity contribution in [1.82, 2.24) is 0 Å². The SMILES string of the molecule is CCCCSC(C(N)=O)C(C)C. The molecule has 2 nitrogen and oxygen atoms in total. The summed E-state index contributed by atoms with van der Waals surface area (Å²) in [5, 5.41) is -0.00319. The molecule has 2 N–H and O–H groups in total. The zero-order chi connectivity index (χ0) is 9.56. The van der Waals surface area contributed by atoms with Crippen molar-refractivity contribution in [3.63, 3.8) is 0 Å². The van der Waals surface area contributed by atoms with E-state index >= 15 is 0 Å². The highest BCUT2D eigenvalue weighted by Crippen LogP contribution is 2.20. The Balaban J connectivity index is 3.72. The minimum Gasteiger partial charge on any atom is -0.369 e. The van der Waals surface area contributed by atoms with E-state index in [2.05, 4.69) is 6.92 Å². The summed E-state index contributed by atoms with van der Waals surface area (Å²) in [6.45, 7) is 6.22. The molecule has 0 spiro atoms. The summed E-state index contributed by atoms with van der Waals surface area (Å²) in [6.07, 6.45) is 2.34. The van der Waals surface area contributed by atoms with Gasteiger partial charge in [-0.3, -0.25) is 4.79 Å². The lowest BCUT2D eigenvalue weighted by molar-refractivity contribution is -0.118. The minimum atomic E-state index is -0.175. The van der Waals surface area contributed by atoms with Crippen LogP contribution in [0.15, 0.2) is 0 Å². The molecule has 0 aliphatic heterocycles. The number of thioether (sulfide) groups is 1. The molecule has 1 amide bonds. The quantitative estimate of drug-likeness (QED) is 0.650. The van der Waals surface area contributed by atoms with Crippen LogP contribution in [0.2, 0.25) is 0 Å². The van der Waals surface area contributed by atoms with Crippen LogP contribution < -0.4 is 5.73 Å². The maximum absolute atomic E-state index is 10.9. The molecular formula is C9H19NOS. The van der Waals surface area contributed by atoms with Gasteiger partial charge < -0.3 is 5.73 Å². The molecular weight excluding hydrogens is 170 g/mol. The molecule has 1 atom stereocenters. The molecule has 0 saturated heterocycles. The van der Waals surface area contributed by atoms with Crippen molar-refractivity contribution >= 4 is 17.7 Å². The first-order valence-corrected chi connectivity index (χ1v) is 5.55. The van der Waals surface area contributed by atoms with Crippen molar-refractivity contribution in [2.45, 2.75) is 38.9 Å². The van der Waals surface area contributed by atoms with Crippen LogP contribution in [0.25, 0.3) is 0 Å². The number of amides is 1. The van der Waals surface area contributed by atoms with Gasteiger partial charge in [0, 0.05) is 0 Å². The van der Waals surface area contributed by atoms with Crippen LogP contribution in [0.1, 0.15) is 33.6 Å². The molecule has 0 aromatic carbocycles. The number of carbonyl (C=O) groups excluding carboxylic acids is 1. The molecule has 72 valence electrons. The third kappa shape index (κ3) is 4.65. The van der Waals surface area contributed by atoms with Crippen molar-refractivity contribution in [1.29, 1.82) is 0 Å². The second kappa shape index (κ2) is 6.35. The number of carbonyl (C=O) groups is 1. The van der Waals surface area contributed by atoms with Crippen LogP contribution in [0.5, 0.6) is 0 Å². The van der Waals surface area contributed by atoms with Crippen LogP contribution in [-0.2, 0) is 4.79 Å². The summed E-state index contributed by atoms with van der Waals surface area (Å²) < 4.78 is 0. The highest BCUT2D eigenvalue weighted by Gasteiger charge is 2.18. The van der Waals surface area contributed by atoms with Crippen LogP contribution in [0, 0.1) is 5.92 Å². The van der Waals surface area contributed by atoms with Crippen LogP contribution in [0.3, 0.4) is 0 Å². The Kier molecular flexibility index (Phi) is 6.25. The van der Waals surface area contributed by atoms with Crippen LogP contribution in [0.4, 0.5) is 0 Å². The maximum Gasteiger partial charge on any atom is 0.230 e. The Morgan fingerprint density at radius 3 is 2.42 bits per heavy atom. The molecule has 0 radical (unpaired) electrons. The normalized spacial score (nSPS) is 13.3. The van der Waals surface area contributed by atoms with E-state index < -0.39 is 0 Å². The summed E-state index contributed by atoms with van der Waals surface area (Å²) in [4.78, 5) is 10.9. The second-order valence-corrected chi connectivity index (χ2v) is 4.54. The lowest BCUT2D eigenvalue weighted by Crippen LogP contribution is -2.30. The molecule has 0 aromatic rings. The zero-order valence-electron chi connectivity index (χ0n) is 8.17. The summed E-state index contributed by atoms with van der Waals surface area (Å²) in [6, 6.07) is 0. The smallest absolute Gasteiger partial charge is 0.230 e. The highest BCUT2D eigenvalue weighted by molar-refractivity contribution is 8.00. The predicted octanol–water partition coefficient (Wildman–Crippen LogP) is 2.03. The average molecular weight is 189 g/mol. The van der Waals surface area contributed by atoms with E-state index in [-0.39, 0.29) is 11.2 Å². The Morgan fingerprint density at radius 1 is 1.50 bits per heavy atom. The second-order valence-electron chi connectivity index (χ2n) is 3.29. The first-order valence-electron chi connectivity index (χ1n) is 4.50. The molecule has 0 aromatic heterocycles. The molecule has 0 rings (SSSR count). The third-order valence-electron chi connectivity index (χ3n) is 1.68. The van der Waals surface area contributed by atoms with E-state index in [1.807, 2.05) is 13.8 Å². The Bertz CT molecular complexity index is 136. The number of unbranched alkanes of at least 4 members (excludes halogenated alkanes) is 1. The number of primary amides is 1. The van der Waals surface area contributed by atoms with Crippen molar-refractivity contribution < 1.29 is 4.79 Å². The number of rotatable bonds is 6. The molecule has 0 aliphatic carbocycles. The summed E-state index contributed by atoms with van der Waals surface area (Å²) in [5.41, 5.74) is 5.26. The summed E-state index contributed by atoms with van der Waals surface area (Å²) in [5.74, 6) is 1.22. The van der Waals surface area contributed by atoms with E-state index in [0.717, 1.165) is 5.75 Å². The Hall–Kier alpha value is -0.180. The zero-order valence-corrected chi connectivity index (χ0v) is 8.99. The van der Waals surface area contributed by atoms with Gasteiger partial charge in [0.1, 0.15) is 0 Å². The molecule has 0 heterocycles. The van der Waals surface area contributed by atoms with E-state index in [9.17, 15) is 4.79 Å². The van der Waals surface area contributed by atoms with Gasteiger partial charge in [0.15, 0.2) is 0 Å². The van der Waals surface area contributed by atoms with Crippen molar-refractivity contribution in [2.75, 3.05) is 5.75 Å².